The van der Waals surface area contributed by atoms with E-state index in [1.807, 2.05) is 24.0 Å². The van der Waals surface area contributed by atoms with Gasteiger partial charge in [0.05, 0.1) is 44.5 Å². The number of oxime groups is 1. The zero-order chi connectivity index (χ0) is 35.6. The van der Waals surface area contributed by atoms with Crippen molar-refractivity contribution in [1.82, 2.24) is 19.9 Å². The Balaban J connectivity index is 1.34. The zero-order valence-corrected chi connectivity index (χ0v) is 29.2. The predicted octanol–water partition coefficient (Wildman–Crippen LogP) is 6.45. The monoisotopic (exact) mass is 731 g/mol. The average Bonchev–Trinajstić information content (AvgIpc) is 3.73. The first-order chi connectivity index (χ1) is 24.7. The molecule has 0 spiro atoms. The maximum atomic E-state index is 17.3. The van der Waals surface area contributed by atoms with Gasteiger partial charge >= 0.3 is 6.01 Å². The molecule has 2 fully saturated rings. The van der Waals surface area contributed by atoms with Crippen LogP contribution in [0.5, 0.6) is 11.8 Å². The number of aromatic nitrogens is 3. The van der Waals surface area contributed by atoms with Crippen LogP contribution in [0.3, 0.4) is 0 Å². The summed E-state index contributed by atoms with van der Waals surface area (Å²) in [4.78, 5) is 23.2. The van der Waals surface area contributed by atoms with Crippen molar-refractivity contribution in [2.45, 2.75) is 37.8 Å². The number of nitriles is 1. The highest BCUT2D eigenvalue weighted by atomic mass is 35.5. The first-order valence-corrected chi connectivity index (χ1v) is 17.6. The normalized spacial score (nSPS) is 20.0. The summed E-state index contributed by atoms with van der Waals surface area (Å²) in [6, 6.07) is 7.87. The third-order valence-electron chi connectivity index (χ3n) is 10.1. The second kappa shape index (κ2) is 12.6. The van der Waals surface area contributed by atoms with Crippen LogP contribution < -0.4 is 25.8 Å². The molecule has 16 heteroatoms. The average molecular weight is 732 g/mol. The fourth-order valence-corrected chi connectivity index (χ4v) is 9.05. The fraction of sp³-hybridized carbons (Fsp3) is 0.343. The standard InChI is InChI=1S/C35H32ClF2N9O3S/c1-17(19-5-3-9-42-31(19)40)47-11-12-49-29-25-28(27(38)24(26(29)36)20-6-7-22(37)30-23(20)21(14-39)32(41)51-30)43-34(44-33(25)47)50-16-35-8-4-10-46(35)15-18(13-35)45-48-2/h3,5-7,9,17H,4,8,10-13,15-16,41H2,1-2H3,(H2,40,42)/b45-18-/t17-,35+/m1/s1. The number of hydrogen-bond donors (Lipinski definition) is 2. The van der Waals surface area contributed by atoms with Crippen LogP contribution in [0, 0.1) is 23.0 Å². The van der Waals surface area contributed by atoms with Gasteiger partial charge in [0, 0.05) is 35.7 Å². The third-order valence-corrected chi connectivity index (χ3v) is 11.5. The zero-order valence-electron chi connectivity index (χ0n) is 27.7. The van der Waals surface area contributed by atoms with Gasteiger partial charge in [-0.1, -0.05) is 28.9 Å². The summed E-state index contributed by atoms with van der Waals surface area (Å²) in [7, 11) is 1.53. The van der Waals surface area contributed by atoms with E-state index in [9.17, 15) is 5.26 Å². The molecule has 51 heavy (non-hydrogen) atoms. The highest BCUT2D eigenvalue weighted by Crippen LogP contribution is 2.51. The highest BCUT2D eigenvalue weighted by Gasteiger charge is 2.48. The molecule has 0 saturated carbocycles. The molecule has 6 heterocycles. The van der Waals surface area contributed by atoms with Crippen LogP contribution in [0.4, 0.5) is 25.4 Å². The van der Waals surface area contributed by atoms with E-state index in [0.29, 0.717) is 31.1 Å². The number of thiophene rings is 1. The van der Waals surface area contributed by atoms with E-state index < -0.39 is 11.6 Å². The summed E-state index contributed by atoms with van der Waals surface area (Å²) < 4.78 is 45.2. The van der Waals surface area contributed by atoms with Crippen LogP contribution in [0.2, 0.25) is 5.02 Å². The van der Waals surface area contributed by atoms with Gasteiger partial charge in [-0.25, -0.2) is 13.8 Å². The molecule has 4 N–H and O–H groups in total. The molecule has 2 atom stereocenters. The molecule has 0 unspecified atom stereocenters. The van der Waals surface area contributed by atoms with Crippen LogP contribution in [0.1, 0.15) is 43.4 Å². The Kier molecular flexibility index (Phi) is 8.20. The Morgan fingerprint density at radius 2 is 2.06 bits per heavy atom. The van der Waals surface area contributed by atoms with Crippen LogP contribution in [0.15, 0.2) is 35.6 Å². The summed E-state index contributed by atoms with van der Waals surface area (Å²) in [5.41, 5.74) is 13.7. The lowest BCUT2D eigenvalue weighted by Gasteiger charge is -2.32. The largest absolute Gasteiger partial charge is 0.489 e. The Morgan fingerprint density at radius 3 is 2.84 bits per heavy atom. The van der Waals surface area contributed by atoms with E-state index in [-0.39, 0.29) is 84.3 Å². The number of benzene rings is 2. The van der Waals surface area contributed by atoms with E-state index in [4.69, 9.17) is 42.4 Å². The lowest BCUT2D eigenvalue weighted by Crippen LogP contribution is -2.43. The van der Waals surface area contributed by atoms with Crippen molar-refractivity contribution in [2.24, 2.45) is 5.16 Å². The fourth-order valence-electron chi connectivity index (χ4n) is 7.77. The molecule has 0 bridgehead atoms. The van der Waals surface area contributed by atoms with Crippen molar-refractivity contribution >= 4 is 66.3 Å². The van der Waals surface area contributed by atoms with E-state index in [1.54, 1.807) is 12.3 Å². The van der Waals surface area contributed by atoms with Gasteiger partial charge in [-0.3, -0.25) is 4.90 Å². The molecule has 2 aromatic carbocycles. The van der Waals surface area contributed by atoms with Crippen molar-refractivity contribution in [3.8, 4) is 29.0 Å². The molecule has 8 rings (SSSR count). The van der Waals surface area contributed by atoms with E-state index in [2.05, 4.69) is 20.0 Å². The van der Waals surface area contributed by atoms with Gasteiger partial charge in [-0.2, -0.15) is 15.2 Å². The minimum atomic E-state index is -0.816. The molecule has 0 radical (unpaired) electrons. The molecular weight excluding hydrogens is 700 g/mol. The number of rotatable bonds is 7. The number of fused-ring (bicyclic) bond motifs is 2. The second-order valence-electron chi connectivity index (χ2n) is 12.9. The summed E-state index contributed by atoms with van der Waals surface area (Å²) in [5, 5.41) is 14.6. The molecule has 3 aliphatic rings. The first kappa shape index (κ1) is 33.1. The summed E-state index contributed by atoms with van der Waals surface area (Å²) in [5.74, 6) is -0.584. The minimum Gasteiger partial charge on any atom is -0.489 e. The number of halogens is 3. The number of nitrogen functional groups attached to an aromatic ring is 2. The molecule has 0 aliphatic carbocycles. The minimum absolute atomic E-state index is 0.0293. The number of nitrogens with two attached hydrogens (primary N) is 2. The van der Waals surface area contributed by atoms with E-state index in [1.165, 1.54) is 19.2 Å². The molecule has 5 aromatic rings. The third kappa shape index (κ3) is 5.23. The molecule has 2 saturated heterocycles. The van der Waals surface area contributed by atoms with Crippen molar-refractivity contribution < 1.29 is 23.1 Å². The topological polar surface area (TPSA) is 161 Å². The molecule has 12 nitrogen and oxygen atoms in total. The number of pyridine rings is 1. The summed E-state index contributed by atoms with van der Waals surface area (Å²) in [6.07, 6.45) is 4.13. The molecule has 0 amide bonds. The summed E-state index contributed by atoms with van der Waals surface area (Å²) in [6.45, 7) is 4.19. The highest BCUT2D eigenvalue weighted by molar-refractivity contribution is 7.23. The number of ether oxygens (including phenoxy) is 2. The van der Waals surface area contributed by atoms with Gasteiger partial charge in [0.15, 0.2) is 11.6 Å². The SMILES string of the molecule is CO/N=C1\CN2CCC[C@@]2(COc2nc3c4c(c(Cl)c(-c5ccc(F)c6sc(N)c(C#N)c56)c(F)c4n2)OCCN3[C@H](C)c2cccnc2N)C1. The lowest BCUT2D eigenvalue weighted by atomic mass is 9.95. The lowest BCUT2D eigenvalue weighted by molar-refractivity contribution is 0.108. The molecule has 262 valence electrons. The molecule has 3 aliphatic heterocycles. The smallest absolute Gasteiger partial charge is 0.319 e. The molecular formula is C35H32ClF2N9O3S. The van der Waals surface area contributed by atoms with E-state index >= 15 is 8.78 Å². The maximum Gasteiger partial charge on any atom is 0.319 e. The summed E-state index contributed by atoms with van der Waals surface area (Å²) >= 11 is 7.98. The predicted molar refractivity (Wildman–Crippen MR) is 192 cm³/mol. The Hall–Kier alpha value is -5.04. The van der Waals surface area contributed by atoms with Crippen LogP contribution >= 0.6 is 22.9 Å². The second-order valence-corrected chi connectivity index (χ2v) is 14.3. The van der Waals surface area contributed by atoms with Crippen molar-refractivity contribution in [3.05, 3.63) is 58.2 Å². The first-order valence-electron chi connectivity index (χ1n) is 16.4. The Labute approximate surface area is 300 Å². The maximum absolute atomic E-state index is 17.3. The van der Waals surface area contributed by atoms with Gasteiger partial charge in [0.25, 0.3) is 0 Å². The quantitative estimate of drug-likeness (QED) is 0.177. The Morgan fingerprint density at radius 1 is 1.22 bits per heavy atom. The molecule has 3 aromatic heterocycles. The Bertz CT molecular complexity index is 2310. The van der Waals surface area contributed by atoms with Gasteiger partial charge in [-0.15, -0.1) is 11.3 Å². The van der Waals surface area contributed by atoms with Crippen molar-refractivity contribution in [1.29, 1.82) is 5.26 Å². The van der Waals surface area contributed by atoms with Gasteiger partial charge in [0.2, 0.25) is 0 Å². The number of anilines is 3. The van der Waals surface area contributed by atoms with Gasteiger partial charge in [0.1, 0.15) is 54.4 Å². The van der Waals surface area contributed by atoms with E-state index in [0.717, 1.165) is 42.0 Å². The van der Waals surface area contributed by atoms with Gasteiger partial charge in [-0.05, 0) is 44.0 Å². The van der Waals surface area contributed by atoms with Gasteiger partial charge < -0.3 is 30.7 Å². The van der Waals surface area contributed by atoms with Crippen LogP contribution in [-0.2, 0) is 4.84 Å². The number of nitrogens with zero attached hydrogens (tertiary/aromatic N) is 7. The van der Waals surface area contributed by atoms with Crippen LogP contribution in [-0.4, -0.2) is 71.1 Å². The van der Waals surface area contributed by atoms with Crippen molar-refractivity contribution in [2.75, 3.05) is 56.3 Å². The van der Waals surface area contributed by atoms with Crippen molar-refractivity contribution in [3.63, 3.8) is 0 Å². The van der Waals surface area contributed by atoms with Crippen LogP contribution in [0.25, 0.3) is 32.1 Å². The number of hydrogen-bond acceptors (Lipinski definition) is 13.